The largest absolute Gasteiger partial charge is 0.478 e. The van der Waals surface area contributed by atoms with Gasteiger partial charge in [-0.25, -0.2) is 18.4 Å². The van der Waals surface area contributed by atoms with E-state index in [-0.39, 0.29) is 23.7 Å². The molecule has 1 aromatic rings. The highest BCUT2D eigenvalue weighted by Gasteiger charge is 2.37. The number of halogens is 2. The Labute approximate surface area is 135 Å². The van der Waals surface area contributed by atoms with E-state index < -0.39 is 29.8 Å². The summed E-state index contributed by atoms with van der Waals surface area (Å²) in [5, 5.41) is 8.87. The lowest BCUT2D eigenvalue weighted by molar-refractivity contribution is -0.144. The Morgan fingerprint density at radius 1 is 1.26 bits per heavy atom. The normalized spacial score (nSPS) is 22.3. The van der Waals surface area contributed by atoms with Gasteiger partial charge in [-0.15, -0.1) is 0 Å². The first kappa shape index (κ1) is 16.0. The summed E-state index contributed by atoms with van der Waals surface area (Å²) in [6.07, 6.45) is -0.822. The molecule has 1 atom stereocenters. The molecule has 5 nitrogen and oxygen atoms in total. The number of amides is 1. The maximum absolute atomic E-state index is 14.4. The molecule has 23 heavy (non-hydrogen) atoms. The van der Waals surface area contributed by atoms with Crippen molar-refractivity contribution in [1.82, 2.24) is 0 Å². The number of anilines is 1. The molecule has 1 aromatic carbocycles. The van der Waals surface area contributed by atoms with Gasteiger partial charge in [-0.2, -0.15) is 11.8 Å². The van der Waals surface area contributed by atoms with Crippen molar-refractivity contribution < 1.29 is 28.2 Å². The maximum Gasteiger partial charge on any atom is 0.415 e. The summed E-state index contributed by atoms with van der Waals surface area (Å²) in [7, 11) is 0. The van der Waals surface area contributed by atoms with Crippen molar-refractivity contribution in [1.29, 1.82) is 0 Å². The molecule has 8 heteroatoms. The van der Waals surface area contributed by atoms with Gasteiger partial charge in [-0.3, -0.25) is 4.90 Å². The Kier molecular flexibility index (Phi) is 4.43. The Morgan fingerprint density at radius 3 is 2.39 bits per heavy atom. The minimum Gasteiger partial charge on any atom is -0.478 e. The van der Waals surface area contributed by atoms with Gasteiger partial charge in [0.2, 0.25) is 6.10 Å². The van der Waals surface area contributed by atoms with Crippen LogP contribution in [0.5, 0.6) is 0 Å². The zero-order valence-corrected chi connectivity index (χ0v) is 12.9. The van der Waals surface area contributed by atoms with E-state index in [1.165, 1.54) is 0 Å². The molecular weight excluding hydrogens is 328 g/mol. The number of aliphatic carboxylic acids is 1. The van der Waals surface area contributed by atoms with Gasteiger partial charge < -0.3 is 9.84 Å². The van der Waals surface area contributed by atoms with Crippen LogP contribution in [-0.2, 0) is 9.53 Å². The second-order valence-electron chi connectivity index (χ2n) is 5.53. The molecule has 2 aliphatic rings. The van der Waals surface area contributed by atoms with Crippen LogP contribution >= 0.6 is 11.8 Å². The van der Waals surface area contributed by atoms with Gasteiger partial charge >= 0.3 is 12.1 Å². The minimum atomic E-state index is -1.33. The number of ether oxygens (including phenoxy) is 1. The number of rotatable bonds is 3. The lowest BCUT2D eigenvalue weighted by Crippen LogP contribution is -2.28. The first-order chi connectivity index (χ1) is 11.0. The number of thioether (sulfide) groups is 1. The number of hydrogen-bond donors (Lipinski definition) is 1. The molecule has 0 radical (unpaired) electrons. The lowest BCUT2D eigenvalue weighted by atomic mass is 9.92. The Hall–Kier alpha value is -1.83. The van der Waals surface area contributed by atoms with E-state index in [0.29, 0.717) is 12.8 Å². The summed E-state index contributed by atoms with van der Waals surface area (Å²) >= 11 is 1.76. The molecule has 2 aliphatic heterocycles. The van der Waals surface area contributed by atoms with Crippen LogP contribution < -0.4 is 4.90 Å². The van der Waals surface area contributed by atoms with Crippen molar-refractivity contribution in [3.63, 3.8) is 0 Å². The summed E-state index contributed by atoms with van der Waals surface area (Å²) in [6.45, 7) is -0.271. The third kappa shape index (κ3) is 3.12. The molecule has 0 unspecified atom stereocenters. The standard InChI is InChI=1S/C15H15F2NO4S/c16-10-5-9(18-7-12(14(19)20)22-15(18)21)6-11(17)13(10)8-1-3-23-4-2-8/h5-6,8,12H,1-4,7H2,(H,19,20)/t12-/m1/s1. The van der Waals surface area contributed by atoms with Gasteiger partial charge in [-0.1, -0.05) is 0 Å². The molecule has 0 saturated carbocycles. The molecule has 2 saturated heterocycles. The second kappa shape index (κ2) is 6.35. The van der Waals surface area contributed by atoms with Crippen LogP contribution in [-0.4, -0.2) is 41.3 Å². The van der Waals surface area contributed by atoms with Gasteiger partial charge in [0.25, 0.3) is 0 Å². The highest BCUT2D eigenvalue weighted by atomic mass is 32.2. The summed E-state index contributed by atoms with van der Waals surface area (Å²) in [4.78, 5) is 23.5. The fourth-order valence-corrected chi connectivity index (χ4v) is 4.01. The molecule has 0 aliphatic carbocycles. The highest BCUT2D eigenvalue weighted by Crippen LogP contribution is 2.36. The van der Waals surface area contributed by atoms with Crippen LogP contribution in [0.15, 0.2) is 12.1 Å². The molecule has 2 heterocycles. The monoisotopic (exact) mass is 343 g/mol. The van der Waals surface area contributed by atoms with E-state index >= 15 is 0 Å². The minimum absolute atomic E-state index is 0.0253. The number of cyclic esters (lactones) is 1. The number of hydrogen-bond acceptors (Lipinski definition) is 4. The van der Waals surface area contributed by atoms with E-state index in [2.05, 4.69) is 4.74 Å². The summed E-state index contributed by atoms with van der Waals surface area (Å²) in [6, 6.07) is 2.15. The fraction of sp³-hybridized carbons (Fsp3) is 0.467. The quantitative estimate of drug-likeness (QED) is 0.914. The zero-order chi connectivity index (χ0) is 16.6. The van der Waals surface area contributed by atoms with Crippen LogP contribution in [0.25, 0.3) is 0 Å². The zero-order valence-electron chi connectivity index (χ0n) is 12.1. The second-order valence-corrected chi connectivity index (χ2v) is 6.76. The molecule has 3 rings (SSSR count). The van der Waals surface area contributed by atoms with Gasteiger partial charge in [0.1, 0.15) is 11.6 Å². The number of carbonyl (C=O) groups excluding carboxylic acids is 1. The van der Waals surface area contributed by atoms with Crippen molar-refractivity contribution in [2.45, 2.75) is 24.9 Å². The van der Waals surface area contributed by atoms with Gasteiger partial charge in [-0.05, 0) is 42.4 Å². The summed E-state index contributed by atoms with van der Waals surface area (Å²) < 4.78 is 33.4. The third-order valence-corrected chi connectivity index (χ3v) is 5.14. The van der Waals surface area contributed by atoms with Crippen molar-refractivity contribution in [2.24, 2.45) is 0 Å². The molecule has 0 bridgehead atoms. The predicted molar refractivity (Wildman–Crippen MR) is 80.9 cm³/mol. The van der Waals surface area contributed by atoms with E-state index in [0.717, 1.165) is 28.5 Å². The predicted octanol–water partition coefficient (Wildman–Crippen LogP) is 2.99. The SMILES string of the molecule is O=C(O)[C@H]1CN(c2cc(F)c(C3CCSCC3)c(F)c2)C(=O)O1. The Balaban J connectivity index is 1.88. The van der Waals surface area contributed by atoms with Crippen molar-refractivity contribution in [3.05, 3.63) is 29.3 Å². The van der Waals surface area contributed by atoms with E-state index in [9.17, 15) is 18.4 Å². The molecule has 0 spiro atoms. The number of carbonyl (C=O) groups is 2. The Bertz CT molecular complexity index is 625. The molecule has 124 valence electrons. The lowest BCUT2D eigenvalue weighted by Gasteiger charge is -2.23. The summed E-state index contributed by atoms with van der Waals surface area (Å²) in [5.74, 6) is -1.14. The topological polar surface area (TPSA) is 66.8 Å². The van der Waals surface area contributed by atoms with Crippen LogP contribution in [0.3, 0.4) is 0 Å². The molecular formula is C15H15F2NO4S. The summed E-state index contributed by atoms with van der Waals surface area (Å²) in [5.41, 5.74) is 0.0269. The average molecular weight is 343 g/mol. The smallest absolute Gasteiger partial charge is 0.415 e. The molecule has 0 aromatic heterocycles. The third-order valence-electron chi connectivity index (χ3n) is 4.09. The number of nitrogens with zero attached hydrogens (tertiary/aromatic N) is 1. The first-order valence-electron chi connectivity index (χ1n) is 7.25. The molecule has 2 fully saturated rings. The van der Waals surface area contributed by atoms with Gasteiger partial charge in [0.15, 0.2) is 0 Å². The number of carboxylic acids is 1. The average Bonchev–Trinajstić information content (AvgIpc) is 2.90. The first-order valence-corrected chi connectivity index (χ1v) is 8.40. The van der Waals surface area contributed by atoms with E-state index in [1.54, 1.807) is 11.8 Å². The van der Waals surface area contributed by atoms with Gasteiger partial charge in [0, 0.05) is 5.56 Å². The maximum atomic E-state index is 14.4. The number of carboxylic acid groups (broad SMARTS) is 1. The number of benzene rings is 1. The van der Waals surface area contributed by atoms with Crippen molar-refractivity contribution in [2.75, 3.05) is 23.0 Å². The Morgan fingerprint density at radius 2 is 1.87 bits per heavy atom. The van der Waals surface area contributed by atoms with Crippen LogP contribution in [0.2, 0.25) is 0 Å². The van der Waals surface area contributed by atoms with Gasteiger partial charge in [0.05, 0.1) is 12.2 Å². The van der Waals surface area contributed by atoms with Crippen LogP contribution in [0.1, 0.15) is 24.3 Å². The van der Waals surface area contributed by atoms with Crippen molar-refractivity contribution in [3.8, 4) is 0 Å². The molecule has 1 N–H and O–H groups in total. The van der Waals surface area contributed by atoms with Crippen molar-refractivity contribution >= 4 is 29.5 Å². The van der Waals surface area contributed by atoms with Crippen LogP contribution in [0, 0.1) is 11.6 Å². The molecule has 1 amide bonds. The van der Waals surface area contributed by atoms with Crippen LogP contribution in [0.4, 0.5) is 19.3 Å². The van der Waals surface area contributed by atoms with E-state index in [1.807, 2.05) is 0 Å². The highest BCUT2D eigenvalue weighted by molar-refractivity contribution is 7.99. The van der Waals surface area contributed by atoms with E-state index in [4.69, 9.17) is 5.11 Å². The fourth-order valence-electron chi connectivity index (χ4n) is 2.91.